The van der Waals surface area contributed by atoms with Gasteiger partial charge in [0.2, 0.25) is 0 Å². The zero-order valence-electron chi connectivity index (χ0n) is 33.2. The van der Waals surface area contributed by atoms with Crippen LogP contribution in [0, 0.1) is 0 Å². The summed E-state index contributed by atoms with van der Waals surface area (Å²) >= 11 is 0. The zero-order chi connectivity index (χ0) is 45.9. The summed E-state index contributed by atoms with van der Waals surface area (Å²) in [6, 6.07) is 30.1. The molecule has 0 aliphatic rings. The Bertz CT molecular complexity index is 2060. The number of aryl methyl sites for hydroxylation is 1. The highest BCUT2D eigenvalue weighted by Crippen LogP contribution is 2.17. The highest BCUT2D eigenvalue weighted by Gasteiger charge is 2.14. The summed E-state index contributed by atoms with van der Waals surface area (Å²) in [6.45, 7) is 0.658. The molecule has 0 spiro atoms. The summed E-state index contributed by atoms with van der Waals surface area (Å²) in [4.78, 5) is 41.4. The van der Waals surface area contributed by atoms with Crippen molar-refractivity contribution in [1.82, 2.24) is 0 Å². The number of carbonyl (C=O) groups is 4. The van der Waals surface area contributed by atoms with Crippen LogP contribution in [-0.4, -0.2) is 94.5 Å². The molecule has 0 aromatic heterocycles. The standard InChI is InChI=1S/3C9H11NO3.C9H10O3.C8H11NO/c10-8(9(12)13)5-6-1-3-7(11)4-2-6;10-8(9(12)13)5-6-2-1-3-7(11)4-6;10-7(9(12)13)5-6-3-1-2-4-8(6)11;10-8-4-1-7(2-5-8)3-6-9(11)12;9-6-5-7-1-3-8(10)4-2-7/h2*1-4,8,11H,5,10H2,(H,12,13);1-4,7,11H,5,10H2,(H,12,13);1-2,4-5,10H,3,6H2,(H,11,12);1-4,10H,5-6,9H2. The van der Waals surface area contributed by atoms with Crippen LogP contribution in [0.25, 0.3) is 0 Å². The fourth-order valence-corrected chi connectivity index (χ4v) is 4.75. The van der Waals surface area contributed by atoms with E-state index in [-0.39, 0.29) is 48.7 Å². The van der Waals surface area contributed by atoms with Gasteiger partial charge in [0.25, 0.3) is 0 Å². The first kappa shape index (κ1) is 51.8. The lowest BCUT2D eigenvalue weighted by molar-refractivity contribution is -0.139. The molecule has 0 saturated heterocycles. The van der Waals surface area contributed by atoms with Gasteiger partial charge in [0.1, 0.15) is 46.9 Å². The maximum absolute atomic E-state index is 10.4. The number of rotatable bonds is 14. The first-order valence-electron chi connectivity index (χ1n) is 18.6. The van der Waals surface area contributed by atoms with Crippen LogP contribution in [0.4, 0.5) is 0 Å². The summed E-state index contributed by atoms with van der Waals surface area (Å²) in [6.07, 6.45) is 2.15. The molecule has 3 unspecified atom stereocenters. The van der Waals surface area contributed by atoms with Crippen LogP contribution in [0.5, 0.6) is 28.7 Å². The smallest absolute Gasteiger partial charge is 0.320 e. The minimum atomic E-state index is -1.07. The zero-order valence-corrected chi connectivity index (χ0v) is 33.2. The number of benzene rings is 5. The second-order valence-corrected chi connectivity index (χ2v) is 13.2. The average Bonchev–Trinajstić information content (AvgIpc) is 3.21. The van der Waals surface area contributed by atoms with Gasteiger partial charge >= 0.3 is 23.9 Å². The molecule has 0 aliphatic carbocycles. The maximum Gasteiger partial charge on any atom is 0.320 e. The van der Waals surface area contributed by atoms with Crippen molar-refractivity contribution >= 4 is 23.9 Å². The van der Waals surface area contributed by atoms with Gasteiger partial charge in [0, 0.05) is 12.8 Å². The van der Waals surface area contributed by atoms with E-state index < -0.39 is 42.0 Å². The van der Waals surface area contributed by atoms with Gasteiger partial charge in [-0.1, -0.05) is 66.7 Å². The Morgan fingerprint density at radius 3 is 1.26 bits per heavy atom. The molecule has 0 fully saturated rings. The fourth-order valence-electron chi connectivity index (χ4n) is 4.75. The van der Waals surface area contributed by atoms with Crippen molar-refractivity contribution in [3.05, 3.63) is 149 Å². The predicted molar refractivity (Wildman–Crippen MR) is 227 cm³/mol. The number of aliphatic carboxylic acids is 4. The van der Waals surface area contributed by atoms with Crippen LogP contribution in [0.1, 0.15) is 34.2 Å². The largest absolute Gasteiger partial charge is 0.508 e. The van der Waals surface area contributed by atoms with E-state index in [4.69, 9.17) is 63.8 Å². The Hall–Kier alpha value is -7.18. The molecule has 0 radical (unpaired) electrons. The van der Waals surface area contributed by atoms with Gasteiger partial charge in [-0.3, -0.25) is 19.2 Å². The van der Waals surface area contributed by atoms with Crippen molar-refractivity contribution in [2.75, 3.05) is 6.54 Å². The topological polar surface area (TPSA) is 354 Å². The van der Waals surface area contributed by atoms with Gasteiger partial charge in [0.05, 0.1) is 0 Å². The van der Waals surface area contributed by atoms with Crippen molar-refractivity contribution in [3.63, 3.8) is 0 Å². The molecule has 5 rings (SSSR count). The number of para-hydroxylation sites is 1. The minimum absolute atomic E-state index is 0.0826. The van der Waals surface area contributed by atoms with Gasteiger partial charge < -0.3 is 68.9 Å². The second kappa shape index (κ2) is 28.3. The van der Waals surface area contributed by atoms with E-state index in [0.717, 1.165) is 23.1 Å². The van der Waals surface area contributed by atoms with E-state index in [0.29, 0.717) is 24.3 Å². The Balaban J connectivity index is 0.000000382. The molecule has 5 aromatic carbocycles. The molecule has 0 bridgehead atoms. The molecule has 3 atom stereocenters. The summed E-state index contributed by atoms with van der Waals surface area (Å²) in [7, 11) is 0. The molecule has 0 saturated carbocycles. The van der Waals surface area contributed by atoms with Crippen molar-refractivity contribution in [3.8, 4) is 28.7 Å². The molecule has 17 N–H and O–H groups in total. The molecule has 0 amide bonds. The normalized spacial score (nSPS) is 11.4. The highest BCUT2D eigenvalue weighted by molar-refractivity contribution is 5.74. The van der Waals surface area contributed by atoms with E-state index in [1.54, 1.807) is 78.9 Å². The van der Waals surface area contributed by atoms with Gasteiger partial charge in [-0.2, -0.15) is 0 Å². The molecule has 5 aromatic rings. The minimum Gasteiger partial charge on any atom is -0.508 e. The molecule has 0 aliphatic heterocycles. The number of aromatic hydroxyl groups is 5. The SMILES string of the molecule is NC(Cc1ccc(O)cc1)C(=O)O.NC(Cc1cccc(O)c1)C(=O)O.NC(Cc1ccccc1O)C(=O)O.NCCc1ccc(O)cc1.O=C(O)CCc1ccc(O)cc1. The fraction of sp³-hybridized carbons (Fsp3) is 0.227. The first-order valence-corrected chi connectivity index (χ1v) is 18.6. The molecule has 17 heteroatoms. The third kappa shape index (κ3) is 23.7. The first-order chi connectivity index (χ1) is 28.8. The number of hydrogen-bond acceptors (Lipinski definition) is 13. The highest BCUT2D eigenvalue weighted by atomic mass is 16.4. The lowest BCUT2D eigenvalue weighted by atomic mass is 10.1. The number of carboxylic acids is 4. The average molecular weight is 847 g/mol. The maximum atomic E-state index is 10.4. The Labute approximate surface area is 352 Å². The Kier molecular flexibility index (Phi) is 24.0. The lowest BCUT2D eigenvalue weighted by Gasteiger charge is -2.07. The summed E-state index contributed by atoms with van der Waals surface area (Å²) in [5.74, 6) is -3.06. The van der Waals surface area contributed by atoms with Crippen LogP contribution in [0.2, 0.25) is 0 Å². The van der Waals surface area contributed by atoms with Crippen LogP contribution in [0.15, 0.2) is 121 Å². The van der Waals surface area contributed by atoms with Gasteiger partial charge in [-0.15, -0.1) is 0 Å². The molecule has 328 valence electrons. The summed E-state index contributed by atoms with van der Waals surface area (Å²) < 4.78 is 0. The third-order valence-corrected chi connectivity index (χ3v) is 8.07. The molecule has 0 heterocycles. The summed E-state index contributed by atoms with van der Waals surface area (Å²) in [5.41, 5.74) is 25.4. The van der Waals surface area contributed by atoms with E-state index >= 15 is 0 Å². The van der Waals surface area contributed by atoms with Gasteiger partial charge in [0.15, 0.2) is 0 Å². The second-order valence-electron chi connectivity index (χ2n) is 13.2. The van der Waals surface area contributed by atoms with E-state index in [1.807, 2.05) is 12.1 Å². The van der Waals surface area contributed by atoms with E-state index in [1.165, 1.54) is 35.9 Å². The lowest BCUT2D eigenvalue weighted by Crippen LogP contribution is -2.32. The Morgan fingerprint density at radius 1 is 0.443 bits per heavy atom. The van der Waals surface area contributed by atoms with Crippen LogP contribution >= 0.6 is 0 Å². The predicted octanol–water partition coefficient (Wildman–Crippen LogP) is 3.34. The number of carboxylic acid groups (broad SMARTS) is 4. The van der Waals surface area contributed by atoms with Crippen molar-refractivity contribution in [2.24, 2.45) is 22.9 Å². The van der Waals surface area contributed by atoms with Gasteiger partial charge in [-0.05, 0) is 115 Å². The quantitative estimate of drug-likeness (QED) is 0.0762. The number of hydrogen-bond donors (Lipinski definition) is 13. The molecule has 17 nitrogen and oxygen atoms in total. The van der Waals surface area contributed by atoms with Crippen molar-refractivity contribution < 1.29 is 65.1 Å². The molecular weight excluding hydrogens is 792 g/mol. The molecule has 61 heavy (non-hydrogen) atoms. The number of phenolic OH excluding ortho intramolecular Hbond substituents is 5. The summed E-state index contributed by atoms with van der Waals surface area (Å²) in [5, 5.41) is 79.1. The van der Waals surface area contributed by atoms with Crippen LogP contribution < -0.4 is 22.9 Å². The monoisotopic (exact) mass is 846 g/mol. The third-order valence-electron chi connectivity index (χ3n) is 8.07. The molecular formula is C44H54N4O13. The number of phenols is 5. The van der Waals surface area contributed by atoms with Crippen molar-refractivity contribution in [2.45, 2.75) is 56.7 Å². The van der Waals surface area contributed by atoms with Crippen molar-refractivity contribution in [1.29, 1.82) is 0 Å². The van der Waals surface area contributed by atoms with Gasteiger partial charge in [-0.25, -0.2) is 0 Å². The van der Waals surface area contributed by atoms with Crippen LogP contribution in [-0.2, 0) is 51.3 Å². The Morgan fingerprint density at radius 2 is 0.852 bits per heavy atom. The van der Waals surface area contributed by atoms with E-state index in [2.05, 4.69) is 0 Å². The number of nitrogens with two attached hydrogens (primary N) is 4. The van der Waals surface area contributed by atoms with Crippen LogP contribution in [0.3, 0.4) is 0 Å². The van der Waals surface area contributed by atoms with E-state index in [9.17, 15) is 24.3 Å².